The number of aromatic nitrogens is 3. The molecule has 3 aromatic rings. The minimum atomic E-state index is -0.232. The Morgan fingerprint density at radius 1 is 0.960 bits per heavy atom. The van der Waals surface area contributed by atoms with Crippen molar-refractivity contribution in [3.63, 3.8) is 0 Å². The number of pyridine rings is 1. The van der Waals surface area contributed by atoms with E-state index in [1.54, 1.807) is 23.2 Å². The third kappa shape index (κ3) is 4.53. The Kier molecular flexibility index (Phi) is 5.58. The van der Waals surface area contributed by atoms with Crippen molar-refractivity contribution < 1.29 is 4.79 Å². The highest BCUT2D eigenvalue weighted by atomic mass is 35.5. The molecule has 7 heteroatoms. The van der Waals surface area contributed by atoms with Crippen LogP contribution in [0.1, 0.15) is 21.7 Å². The third-order valence-electron chi connectivity index (χ3n) is 3.51. The maximum Gasteiger partial charge on any atom is 0.274 e. The van der Waals surface area contributed by atoms with Gasteiger partial charge in [-0.1, -0.05) is 35.3 Å². The molecule has 1 aromatic carbocycles. The zero-order valence-corrected chi connectivity index (χ0v) is 14.7. The summed E-state index contributed by atoms with van der Waals surface area (Å²) in [7, 11) is 0. The summed E-state index contributed by atoms with van der Waals surface area (Å²) in [6.45, 7) is 0.694. The molecule has 0 aliphatic rings. The van der Waals surface area contributed by atoms with E-state index < -0.39 is 0 Å². The summed E-state index contributed by atoms with van der Waals surface area (Å²) in [6, 6.07) is 10.9. The van der Waals surface area contributed by atoms with Crippen molar-refractivity contribution in [2.75, 3.05) is 0 Å². The Bertz CT molecular complexity index is 859. The van der Waals surface area contributed by atoms with Crippen LogP contribution in [0.5, 0.6) is 0 Å². The van der Waals surface area contributed by atoms with Crippen molar-refractivity contribution in [3.8, 4) is 0 Å². The summed E-state index contributed by atoms with van der Waals surface area (Å²) in [5.74, 6) is -0.232. The summed E-state index contributed by atoms with van der Waals surface area (Å²) in [6.07, 6.45) is 6.16. The molecule has 25 heavy (non-hydrogen) atoms. The van der Waals surface area contributed by atoms with Crippen molar-refractivity contribution in [1.82, 2.24) is 19.9 Å². The van der Waals surface area contributed by atoms with Crippen LogP contribution in [-0.2, 0) is 13.1 Å². The van der Waals surface area contributed by atoms with E-state index in [0.717, 1.165) is 11.3 Å². The van der Waals surface area contributed by atoms with Gasteiger partial charge in [-0.15, -0.1) is 0 Å². The summed E-state index contributed by atoms with van der Waals surface area (Å²) in [5, 5.41) is 0.922. The molecule has 0 saturated heterocycles. The van der Waals surface area contributed by atoms with E-state index >= 15 is 0 Å². The van der Waals surface area contributed by atoms with Crippen LogP contribution < -0.4 is 0 Å². The van der Waals surface area contributed by atoms with E-state index in [0.29, 0.717) is 23.1 Å². The van der Waals surface area contributed by atoms with Gasteiger partial charge in [0.2, 0.25) is 0 Å². The largest absolute Gasteiger partial charge is 0.327 e. The topological polar surface area (TPSA) is 59.0 Å². The molecule has 0 spiro atoms. The van der Waals surface area contributed by atoms with Gasteiger partial charge in [0.15, 0.2) is 0 Å². The zero-order valence-electron chi connectivity index (χ0n) is 13.1. The standard InChI is InChI=1S/C18H14Cl2N4O/c19-15-5-4-13(9-16(15)20)11-24(12-14-3-1-2-6-22-14)18(25)17-10-21-7-8-23-17/h1-10H,11-12H2. The minimum Gasteiger partial charge on any atom is -0.327 e. The van der Waals surface area contributed by atoms with Crippen molar-refractivity contribution in [2.24, 2.45) is 0 Å². The number of carbonyl (C=O) groups excluding carboxylic acids is 1. The number of benzene rings is 1. The first kappa shape index (κ1) is 17.3. The first-order valence-electron chi connectivity index (χ1n) is 7.52. The van der Waals surface area contributed by atoms with Gasteiger partial charge in [-0.25, -0.2) is 4.98 Å². The van der Waals surface area contributed by atoms with Gasteiger partial charge >= 0.3 is 0 Å². The highest BCUT2D eigenvalue weighted by Crippen LogP contribution is 2.24. The lowest BCUT2D eigenvalue weighted by Crippen LogP contribution is -2.31. The molecule has 3 rings (SSSR count). The van der Waals surface area contributed by atoms with Gasteiger partial charge in [-0.3, -0.25) is 14.8 Å². The van der Waals surface area contributed by atoms with E-state index in [9.17, 15) is 4.79 Å². The normalized spacial score (nSPS) is 10.5. The molecule has 0 aliphatic carbocycles. The zero-order chi connectivity index (χ0) is 17.6. The van der Waals surface area contributed by atoms with Crippen LogP contribution in [0.3, 0.4) is 0 Å². The second-order valence-electron chi connectivity index (χ2n) is 5.32. The lowest BCUT2D eigenvalue weighted by atomic mass is 10.2. The fourth-order valence-electron chi connectivity index (χ4n) is 2.32. The van der Waals surface area contributed by atoms with E-state index in [1.807, 2.05) is 24.3 Å². The predicted molar refractivity (Wildman–Crippen MR) is 96.3 cm³/mol. The van der Waals surface area contributed by atoms with Crippen LogP contribution >= 0.6 is 23.2 Å². The molecule has 0 fully saturated rings. The lowest BCUT2D eigenvalue weighted by molar-refractivity contribution is 0.0721. The van der Waals surface area contributed by atoms with Gasteiger partial charge < -0.3 is 4.90 Å². The number of hydrogen-bond acceptors (Lipinski definition) is 4. The molecule has 0 unspecified atom stereocenters. The second kappa shape index (κ2) is 8.05. The number of nitrogens with zero attached hydrogens (tertiary/aromatic N) is 4. The first-order valence-corrected chi connectivity index (χ1v) is 8.28. The average Bonchev–Trinajstić information content (AvgIpc) is 2.65. The third-order valence-corrected chi connectivity index (χ3v) is 4.24. The van der Waals surface area contributed by atoms with Gasteiger partial charge in [0, 0.05) is 25.1 Å². The molecule has 1 amide bonds. The van der Waals surface area contributed by atoms with Gasteiger partial charge in [0.1, 0.15) is 5.69 Å². The van der Waals surface area contributed by atoms with E-state index in [1.165, 1.54) is 18.6 Å². The Morgan fingerprint density at radius 3 is 2.52 bits per heavy atom. The molecule has 0 atom stereocenters. The Labute approximate surface area is 155 Å². The van der Waals surface area contributed by atoms with E-state index in [-0.39, 0.29) is 11.6 Å². The highest BCUT2D eigenvalue weighted by Gasteiger charge is 2.19. The summed E-state index contributed by atoms with van der Waals surface area (Å²) in [5.41, 5.74) is 1.92. The average molecular weight is 373 g/mol. The van der Waals surface area contributed by atoms with Crippen molar-refractivity contribution in [3.05, 3.63) is 88.2 Å². The minimum absolute atomic E-state index is 0.232. The molecule has 2 aromatic heterocycles. The predicted octanol–water partition coefficient (Wildman–Crippen LogP) is 4.02. The monoisotopic (exact) mass is 372 g/mol. The summed E-state index contributed by atoms with van der Waals surface area (Å²) >= 11 is 12.0. The van der Waals surface area contributed by atoms with Crippen LogP contribution in [0.4, 0.5) is 0 Å². The molecule has 0 aliphatic heterocycles. The SMILES string of the molecule is O=C(c1cnccn1)N(Cc1ccc(Cl)c(Cl)c1)Cc1ccccn1. The molecule has 0 bridgehead atoms. The lowest BCUT2D eigenvalue weighted by Gasteiger charge is -2.22. The molecule has 0 radical (unpaired) electrons. The van der Waals surface area contributed by atoms with E-state index in [2.05, 4.69) is 15.0 Å². The van der Waals surface area contributed by atoms with Crippen molar-refractivity contribution in [1.29, 1.82) is 0 Å². The van der Waals surface area contributed by atoms with Gasteiger partial charge in [-0.05, 0) is 29.8 Å². The van der Waals surface area contributed by atoms with Crippen LogP contribution in [0, 0.1) is 0 Å². The van der Waals surface area contributed by atoms with Gasteiger partial charge in [0.05, 0.1) is 28.5 Å². The maximum absolute atomic E-state index is 12.8. The van der Waals surface area contributed by atoms with E-state index in [4.69, 9.17) is 23.2 Å². The van der Waals surface area contributed by atoms with Crippen LogP contribution in [0.15, 0.2) is 61.2 Å². The van der Waals surface area contributed by atoms with Gasteiger partial charge in [-0.2, -0.15) is 0 Å². The second-order valence-corrected chi connectivity index (χ2v) is 6.14. The van der Waals surface area contributed by atoms with Crippen molar-refractivity contribution >= 4 is 29.1 Å². The smallest absolute Gasteiger partial charge is 0.274 e. The molecule has 0 N–H and O–H groups in total. The summed E-state index contributed by atoms with van der Waals surface area (Å²) in [4.78, 5) is 26.8. The molecule has 0 saturated carbocycles. The first-order chi connectivity index (χ1) is 12.1. The molecule has 2 heterocycles. The van der Waals surface area contributed by atoms with Gasteiger partial charge in [0.25, 0.3) is 5.91 Å². The molecule has 5 nitrogen and oxygen atoms in total. The molecular weight excluding hydrogens is 359 g/mol. The number of hydrogen-bond donors (Lipinski definition) is 0. The van der Waals surface area contributed by atoms with Crippen molar-refractivity contribution in [2.45, 2.75) is 13.1 Å². The van der Waals surface area contributed by atoms with Crippen LogP contribution in [0.2, 0.25) is 10.0 Å². The Balaban J connectivity index is 1.88. The van der Waals surface area contributed by atoms with Crippen LogP contribution in [0.25, 0.3) is 0 Å². The number of halogens is 2. The molecule has 126 valence electrons. The highest BCUT2D eigenvalue weighted by molar-refractivity contribution is 6.42. The Hall–Kier alpha value is -2.50. The Morgan fingerprint density at radius 2 is 1.84 bits per heavy atom. The fourth-order valence-corrected chi connectivity index (χ4v) is 2.64. The number of amides is 1. The fraction of sp³-hybridized carbons (Fsp3) is 0.111. The maximum atomic E-state index is 12.8. The number of carbonyl (C=O) groups is 1. The van der Waals surface area contributed by atoms with Crippen LogP contribution in [-0.4, -0.2) is 25.8 Å². The summed E-state index contributed by atoms with van der Waals surface area (Å²) < 4.78 is 0. The number of rotatable bonds is 5. The molecular formula is C18H14Cl2N4O. The quantitative estimate of drug-likeness (QED) is 0.678.